The number of hydrogen-bond acceptors (Lipinski definition) is 3. The first-order valence-corrected chi connectivity index (χ1v) is 8.38. The van der Waals surface area contributed by atoms with Crippen LogP contribution in [0.1, 0.15) is 5.56 Å². The van der Waals surface area contributed by atoms with Gasteiger partial charge < -0.3 is 14.7 Å². The number of morpholine rings is 1. The van der Waals surface area contributed by atoms with Gasteiger partial charge in [0, 0.05) is 25.2 Å². The fourth-order valence-corrected chi connectivity index (χ4v) is 3.42. The molecule has 0 saturated carbocycles. The number of halogens is 1. The highest BCUT2D eigenvalue weighted by molar-refractivity contribution is 6.34. The van der Waals surface area contributed by atoms with Gasteiger partial charge in [-0.2, -0.15) is 0 Å². The molecule has 0 atom stereocenters. The van der Waals surface area contributed by atoms with Crippen molar-refractivity contribution in [2.75, 3.05) is 26.3 Å². The number of rotatable bonds is 3. The van der Waals surface area contributed by atoms with Gasteiger partial charge in [0.25, 0.3) is 0 Å². The number of hydrogen-bond donors (Lipinski definition) is 2. The molecule has 1 aromatic heterocycles. The van der Waals surface area contributed by atoms with Crippen molar-refractivity contribution in [1.29, 1.82) is 0 Å². The maximum Gasteiger partial charge on any atom is 0.323 e. The minimum Gasteiger partial charge on any atom is -0.379 e. The molecule has 3 aromatic rings. The average Bonchev–Trinajstić information content (AvgIpc) is 2.97. The monoisotopic (exact) mass is 343 g/mol. The number of aromatic amines is 2. The number of ether oxygens (including phenoxy) is 1. The number of H-pyrrole nitrogens is 2. The van der Waals surface area contributed by atoms with Crippen LogP contribution in [0, 0.1) is 0 Å². The summed E-state index contributed by atoms with van der Waals surface area (Å²) in [5.41, 5.74) is 4.46. The quantitative estimate of drug-likeness (QED) is 0.768. The Morgan fingerprint density at radius 3 is 2.71 bits per heavy atom. The Kier molecular flexibility index (Phi) is 4.14. The van der Waals surface area contributed by atoms with Crippen LogP contribution in [0.4, 0.5) is 0 Å². The Balaban J connectivity index is 1.68. The predicted octanol–water partition coefficient (Wildman–Crippen LogP) is 3.01. The number of nitrogens with one attached hydrogen (secondary N) is 2. The van der Waals surface area contributed by atoms with Gasteiger partial charge in [0.05, 0.1) is 29.3 Å². The van der Waals surface area contributed by atoms with Gasteiger partial charge in [-0.25, -0.2) is 4.79 Å². The summed E-state index contributed by atoms with van der Waals surface area (Å²) >= 11 is 6.68. The molecule has 2 N–H and O–H groups in total. The van der Waals surface area contributed by atoms with E-state index in [9.17, 15) is 4.79 Å². The van der Waals surface area contributed by atoms with Gasteiger partial charge >= 0.3 is 5.69 Å². The third-order valence-electron chi connectivity index (χ3n) is 4.40. The molecule has 0 amide bonds. The molecule has 1 aliphatic heterocycles. The Morgan fingerprint density at radius 2 is 1.88 bits per heavy atom. The van der Waals surface area contributed by atoms with Crippen LogP contribution in [0.3, 0.4) is 0 Å². The molecule has 6 heteroatoms. The molecular formula is C18H18ClN3O2. The van der Waals surface area contributed by atoms with E-state index in [1.54, 1.807) is 0 Å². The molecular weight excluding hydrogens is 326 g/mol. The summed E-state index contributed by atoms with van der Waals surface area (Å²) in [5.74, 6) is 0. The lowest BCUT2D eigenvalue weighted by atomic mass is 10.0. The topological polar surface area (TPSA) is 61.1 Å². The smallest absolute Gasteiger partial charge is 0.323 e. The van der Waals surface area contributed by atoms with Gasteiger partial charge in [-0.05, 0) is 23.3 Å². The highest BCUT2D eigenvalue weighted by Crippen LogP contribution is 2.32. The molecule has 0 aliphatic carbocycles. The van der Waals surface area contributed by atoms with Crippen molar-refractivity contribution in [3.05, 3.63) is 57.5 Å². The number of imidazole rings is 1. The van der Waals surface area contributed by atoms with Crippen molar-refractivity contribution in [3.63, 3.8) is 0 Å². The first kappa shape index (κ1) is 15.4. The van der Waals surface area contributed by atoms with E-state index in [-0.39, 0.29) is 5.69 Å². The summed E-state index contributed by atoms with van der Waals surface area (Å²) in [7, 11) is 0. The van der Waals surface area contributed by atoms with Gasteiger partial charge in [-0.3, -0.25) is 4.90 Å². The second-order valence-electron chi connectivity index (χ2n) is 6.01. The lowest BCUT2D eigenvalue weighted by Crippen LogP contribution is -2.35. The van der Waals surface area contributed by atoms with E-state index in [4.69, 9.17) is 16.3 Å². The zero-order valence-electron chi connectivity index (χ0n) is 13.1. The zero-order valence-corrected chi connectivity index (χ0v) is 13.9. The number of nitrogens with zero attached hydrogens (tertiary/aromatic N) is 1. The first-order valence-electron chi connectivity index (χ1n) is 8.00. The zero-order chi connectivity index (χ0) is 16.5. The fourth-order valence-electron chi connectivity index (χ4n) is 3.13. The second-order valence-corrected chi connectivity index (χ2v) is 6.38. The van der Waals surface area contributed by atoms with Gasteiger partial charge in [-0.15, -0.1) is 0 Å². The third kappa shape index (κ3) is 2.98. The molecule has 4 rings (SSSR count). The molecule has 1 aliphatic rings. The normalized spacial score (nSPS) is 15.9. The highest BCUT2D eigenvalue weighted by Gasteiger charge is 2.15. The van der Waals surface area contributed by atoms with Crippen molar-refractivity contribution in [2.45, 2.75) is 6.54 Å². The van der Waals surface area contributed by atoms with E-state index in [2.05, 4.69) is 20.9 Å². The van der Waals surface area contributed by atoms with Gasteiger partial charge in [0.15, 0.2) is 0 Å². The van der Waals surface area contributed by atoms with Crippen molar-refractivity contribution in [3.8, 4) is 11.1 Å². The Morgan fingerprint density at radius 1 is 1.08 bits per heavy atom. The SMILES string of the molecule is O=c1[nH]c2ccc(-c3cccc(CN4CCOCC4)c3Cl)cc2[nH]1. The van der Waals surface area contributed by atoms with Gasteiger partial charge in [-0.1, -0.05) is 35.9 Å². The molecule has 0 bridgehead atoms. The van der Waals surface area contributed by atoms with Crippen LogP contribution in [0.5, 0.6) is 0 Å². The lowest BCUT2D eigenvalue weighted by Gasteiger charge is -2.27. The third-order valence-corrected chi connectivity index (χ3v) is 4.85. The summed E-state index contributed by atoms with van der Waals surface area (Å²) in [4.78, 5) is 19.3. The summed E-state index contributed by atoms with van der Waals surface area (Å²) in [6.07, 6.45) is 0. The van der Waals surface area contributed by atoms with Crippen LogP contribution < -0.4 is 5.69 Å². The van der Waals surface area contributed by atoms with Gasteiger partial charge in [0.1, 0.15) is 0 Å². The highest BCUT2D eigenvalue weighted by atomic mass is 35.5. The van der Waals surface area contributed by atoms with Crippen molar-refractivity contribution in [2.24, 2.45) is 0 Å². The molecule has 2 heterocycles. The van der Waals surface area contributed by atoms with Crippen LogP contribution in [0.2, 0.25) is 5.02 Å². The largest absolute Gasteiger partial charge is 0.379 e. The van der Waals surface area contributed by atoms with E-state index >= 15 is 0 Å². The fraction of sp³-hybridized carbons (Fsp3) is 0.278. The summed E-state index contributed by atoms with van der Waals surface area (Å²) in [6, 6.07) is 11.9. The number of aromatic nitrogens is 2. The average molecular weight is 344 g/mol. The van der Waals surface area contributed by atoms with Crippen molar-refractivity contribution < 1.29 is 4.74 Å². The van der Waals surface area contributed by atoms with Crippen molar-refractivity contribution >= 4 is 22.6 Å². The van der Waals surface area contributed by atoms with E-state index in [0.717, 1.165) is 65.6 Å². The molecule has 1 saturated heterocycles. The number of fused-ring (bicyclic) bond motifs is 1. The van der Waals surface area contributed by atoms with Crippen LogP contribution in [-0.2, 0) is 11.3 Å². The van der Waals surface area contributed by atoms with Gasteiger partial charge in [0.2, 0.25) is 0 Å². The van der Waals surface area contributed by atoms with Crippen LogP contribution in [-0.4, -0.2) is 41.2 Å². The standard InChI is InChI=1S/C18H18ClN3O2/c19-17-13(11-22-6-8-24-9-7-22)2-1-3-14(17)12-4-5-15-16(10-12)21-18(23)20-15/h1-5,10H,6-9,11H2,(H2,20,21,23). The Labute approximate surface area is 144 Å². The van der Waals surface area contributed by atoms with E-state index in [1.807, 2.05) is 30.3 Å². The molecule has 0 spiro atoms. The maximum atomic E-state index is 11.4. The number of benzene rings is 2. The first-order chi connectivity index (χ1) is 11.7. The molecule has 24 heavy (non-hydrogen) atoms. The molecule has 124 valence electrons. The van der Waals surface area contributed by atoms with Crippen LogP contribution >= 0.6 is 11.6 Å². The maximum absolute atomic E-state index is 11.4. The van der Waals surface area contributed by atoms with Crippen LogP contribution in [0.25, 0.3) is 22.2 Å². The lowest BCUT2D eigenvalue weighted by molar-refractivity contribution is 0.0342. The molecule has 0 radical (unpaired) electrons. The predicted molar refractivity (Wildman–Crippen MR) is 95.5 cm³/mol. The van der Waals surface area contributed by atoms with E-state index < -0.39 is 0 Å². The second kappa shape index (κ2) is 6.43. The van der Waals surface area contributed by atoms with Crippen molar-refractivity contribution in [1.82, 2.24) is 14.9 Å². The summed E-state index contributed by atoms with van der Waals surface area (Å²) in [6.45, 7) is 4.22. The summed E-state index contributed by atoms with van der Waals surface area (Å²) in [5, 5.41) is 0.765. The summed E-state index contributed by atoms with van der Waals surface area (Å²) < 4.78 is 5.40. The Hall–Kier alpha value is -2.08. The minimum atomic E-state index is -0.200. The molecule has 5 nitrogen and oxygen atoms in total. The van der Waals surface area contributed by atoms with Crippen LogP contribution in [0.15, 0.2) is 41.2 Å². The van der Waals surface area contributed by atoms with E-state index in [0.29, 0.717) is 0 Å². The molecule has 0 unspecified atom stereocenters. The Bertz CT molecular complexity index is 925. The van der Waals surface area contributed by atoms with E-state index in [1.165, 1.54) is 0 Å². The molecule has 2 aromatic carbocycles. The minimum absolute atomic E-state index is 0.200. The molecule has 1 fully saturated rings.